The maximum absolute atomic E-state index is 12.5. The first-order valence-corrected chi connectivity index (χ1v) is 7.12. The molecule has 0 unspecified atom stereocenters. The van der Waals surface area contributed by atoms with Crippen molar-refractivity contribution in [3.63, 3.8) is 0 Å². The van der Waals surface area contributed by atoms with E-state index in [1.54, 1.807) is 6.07 Å². The highest BCUT2D eigenvalue weighted by Gasteiger charge is 2.32. The molecule has 22 heavy (non-hydrogen) atoms. The van der Waals surface area contributed by atoms with Crippen LogP contribution in [-0.4, -0.2) is 16.3 Å². The van der Waals surface area contributed by atoms with Crippen molar-refractivity contribution in [1.82, 2.24) is 9.97 Å². The minimum atomic E-state index is -4.75. The number of hydrogen-bond acceptors (Lipinski definition) is 5. The molecule has 0 atom stereocenters. The highest BCUT2D eigenvalue weighted by atomic mass is 32.1. The summed E-state index contributed by atoms with van der Waals surface area (Å²) in [6, 6.07) is 5.83. The van der Waals surface area contributed by atoms with E-state index in [2.05, 4.69) is 20.0 Å². The minimum absolute atomic E-state index is 0.186. The Labute approximate surface area is 127 Å². The molecule has 2 aromatic heterocycles. The average molecular weight is 325 g/mol. The predicted molar refractivity (Wildman–Crippen MR) is 78.6 cm³/mol. The molecule has 0 radical (unpaired) electrons. The van der Waals surface area contributed by atoms with Gasteiger partial charge in [0.1, 0.15) is 17.0 Å². The molecule has 114 valence electrons. The molecule has 0 aliphatic rings. The van der Waals surface area contributed by atoms with E-state index in [1.165, 1.54) is 35.9 Å². The third kappa shape index (κ3) is 2.96. The van der Waals surface area contributed by atoms with Gasteiger partial charge in [0.05, 0.1) is 11.1 Å². The van der Waals surface area contributed by atoms with Gasteiger partial charge in [-0.15, -0.1) is 24.5 Å². The Morgan fingerprint density at radius 2 is 1.95 bits per heavy atom. The molecule has 0 fully saturated rings. The summed E-state index contributed by atoms with van der Waals surface area (Å²) in [6.07, 6.45) is -3.38. The lowest BCUT2D eigenvalue weighted by atomic mass is 10.2. The standard InChI is InChI=1S/C14H10F3N3OS/c1-8-6-22-13-11(8)12(18-7-19-13)20-9-4-2-3-5-10(9)21-14(15,16)17/h2-7H,1H3,(H,18,19,20). The van der Waals surface area contributed by atoms with Gasteiger partial charge in [-0.1, -0.05) is 12.1 Å². The Kier molecular flexibility index (Phi) is 3.61. The normalized spacial score (nSPS) is 11.6. The van der Waals surface area contributed by atoms with Gasteiger partial charge in [0, 0.05) is 0 Å². The number of fused-ring (bicyclic) bond motifs is 1. The summed E-state index contributed by atoms with van der Waals surface area (Å²) in [5, 5.41) is 5.60. The van der Waals surface area contributed by atoms with Crippen LogP contribution in [0.2, 0.25) is 0 Å². The van der Waals surface area contributed by atoms with Gasteiger partial charge in [-0.3, -0.25) is 0 Å². The van der Waals surface area contributed by atoms with E-state index in [1.807, 2.05) is 12.3 Å². The van der Waals surface area contributed by atoms with Crippen LogP contribution in [-0.2, 0) is 0 Å². The lowest BCUT2D eigenvalue weighted by molar-refractivity contribution is -0.274. The van der Waals surface area contributed by atoms with Crippen LogP contribution in [0, 0.1) is 6.92 Å². The lowest BCUT2D eigenvalue weighted by Crippen LogP contribution is -2.17. The second-order valence-corrected chi connectivity index (χ2v) is 5.35. The molecule has 0 bridgehead atoms. The molecule has 0 saturated carbocycles. The Hall–Kier alpha value is -2.35. The summed E-state index contributed by atoms with van der Waals surface area (Å²) in [5.41, 5.74) is 1.14. The van der Waals surface area contributed by atoms with E-state index < -0.39 is 6.36 Å². The molecule has 0 aliphatic carbocycles. The van der Waals surface area contributed by atoms with Crippen LogP contribution in [0.5, 0.6) is 5.75 Å². The lowest BCUT2D eigenvalue weighted by Gasteiger charge is -2.14. The van der Waals surface area contributed by atoms with Crippen molar-refractivity contribution in [2.75, 3.05) is 5.32 Å². The molecule has 0 amide bonds. The number of rotatable bonds is 3. The van der Waals surface area contributed by atoms with Crippen molar-refractivity contribution in [1.29, 1.82) is 0 Å². The topological polar surface area (TPSA) is 47.0 Å². The first-order valence-electron chi connectivity index (χ1n) is 6.24. The number of alkyl halides is 3. The Morgan fingerprint density at radius 3 is 2.73 bits per heavy atom. The quantitative estimate of drug-likeness (QED) is 0.762. The second kappa shape index (κ2) is 5.45. The molecule has 0 aliphatic heterocycles. The average Bonchev–Trinajstić information content (AvgIpc) is 2.82. The van der Waals surface area contributed by atoms with Gasteiger partial charge >= 0.3 is 6.36 Å². The molecule has 1 N–H and O–H groups in total. The molecule has 0 saturated heterocycles. The van der Waals surface area contributed by atoms with Crippen LogP contribution >= 0.6 is 11.3 Å². The fourth-order valence-corrected chi connectivity index (χ4v) is 2.91. The minimum Gasteiger partial charge on any atom is -0.404 e. The second-order valence-electron chi connectivity index (χ2n) is 4.49. The van der Waals surface area contributed by atoms with Crippen LogP contribution in [0.25, 0.3) is 10.2 Å². The number of nitrogens with zero attached hydrogens (tertiary/aromatic N) is 2. The van der Waals surface area contributed by atoms with Crippen molar-refractivity contribution in [3.05, 3.63) is 41.5 Å². The van der Waals surface area contributed by atoms with Crippen LogP contribution < -0.4 is 10.1 Å². The zero-order chi connectivity index (χ0) is 15.7. The monoisotopic (exact) mass is 325 g/mol. The predicted octanol–water partition coefficient (Wildman–Crippen LogP) is 4.64. The molecular formula is C14H10F3N3OS. The third-order valence-corrected chi connectivity index (χ3v) is 3.92. The van der Waals surface area contributed by atoms with E-state index in [-0.39, 0.29) is 11.4 Å². The maximum atomic E-state index is 12.5. The maximum Gasteiger partial charge on any atom is 0.573 e. The molecule has 3 rings (SSSR count). The van der Waals surface area contributed by atoms with Crippen molar-refractivity contribution >= 4 is 33.1 Å². The fraction of sp³-hybridized carbons (Fsp3) is 0.143. The van der Waals surface area contributed by atoms with E-state index in [9.17, 15) is 13.2 Å². The van der Waals surface area contributed by atoms with Crippen LogP contribution in [0.1, 0.15) is 5.56 Å². The van der Waals surface area contributed by atoms with Crippen molar-refractivity contribution in [2.45, 2.75) is 13.3 Å². The number of aryl methyl sites for hydroxylation is 1. The Bertz CT molecular complexity index is 816. The van der Waals surface area contributed by atoms with Crippen molar-refractivity contribution < 1.29 is 17.9 Å². The van der Waals surface area contributed by atoms with Gasteiger partial charge in [0.2, 0.25) is 0 Å². The molecule has 3 aromatic rings. The molecule has 0 spiro atoms. The van der Waals surface area contributed by atoms with Crippen LogP contribution in [0.15, 0.2) is 36.0 Å². The number of para-hydroxylation sites is 2. The van der Waals surface area contributed by atoms with Crippen molar-refractivity contribution in [3.8, 4) is 5.75 Å². The highest BCUT2D eigenvalue weighted by Crippen LogP contribution is 2.35. The first kappa shape index (κ1) is 14.6. The number of anilines is 2. The third-order valence-electron chi connectivity index (χ3n) is 2.92. The molecule has 4 nitrogen and oxygen atoms in total. The van der Waals surface area contributed by atoms with Gasteiger partial charge < -0.3 is 10.1 Å². The van der Waals surface area contributed by atoms with Gasteiger partial charge in [-0.2, -0.15) is 0 Å². The van der Waals surface area contributed by atoms with E-state index in [4.69, 9.17) is 0 Å². The van der Waals surface area contributed by atoms with Crippen LogP contribution in [0.3, 0.4) is 0 Å². The zero-order valence-electron chi connectivity index (χ0n) is 11.3. The summed E-state index contributed by atoms with van der Waals surface area (Å²) in [7, 11) is 0. The van der Waals surface area contributed by atoms with Gasteiger partial charge in [-0.05, 0) is 30.0 Å². The molecule has 8 heteroatoms. The highest BCUT2D eigenvalue weighted by molar-refractivity contribution is 7.17. The summed E-state index contributed by atoms with van der Waals surface area (Å²) < 4.78 is 41.4. The number of hydrogen-bond donors (Lipinski definition) is 1. The molecule has 1 aromatic carbocycles. The summed E-state index contributed by atoms with van der Waals surface area (Å²) in [4.78, 5) is 9.03. The Morgan fingerprint density at radius 1 is 1.18 bits per heavy atom. The number of benzene rings is 1. The van der Waals surface area contributed by atoms with Gasteiger partial charge in [0.25, 0.3) is 0 Å². The largest absolute Gasteiger partial charge is 0.573 e. The number of halogens is 3. The molecular weight excluding hydrogens is 315 g/mol. The summed E-state index contributed by atoms with van der Waals surface area (Å²) in [6.45, 7) is 1.89. The Balaban J connectivity index is 2.01. The van der Waals surface area contributed by atoms with E-state index in [0.29, 0.717) is 5.82 Å². The van der Waals surface area contributed by atoms with Crippen molar-refractivity contribution in [2.24, 2.45) is 0 Å². The first-order chi connectivity index (χ1) is 10.4. The summed E-state index contributed by atoms with van der Waals surface area (Å²) in [5.74, 6) is 0.136. The molecule has 2 heterocycles. The number of aromatic nitrogens is 2. The summed E-state index contributed by atoms with van der Waals surface area (Å²) >= 11 is 1.45. The van der Waals surface area contributed by atoms with E-state index >= 15 is 0 Å². The number of ether oxygens (including phenoxy) is 1. The zero-order valence-corrected chi connectivity index (χ0v) is 12.1. The fourth-order valence-electron chi connectivity index (χ4n) is 2.02. The number of nitrogens with one attached hydrogen (secondary N) is 1. The van der Waals surface area contributed by atoms with Gasteiger partial charge in [0.15, 0.2) is 5.75 Å². The van der Waals surface area contributed by atoms with Gasteiger partial charge in [-0.25, -0.2) is 9.97 Å². The SMILES string of the molecule is Cc1csc2ncnc(Nc3ccccc3OC(F)(F)F)c12. The smallest absolute Gasteiger partial charge is 0.404 e. The van der Waals surface area contributed by atoms with E-state index in [0.717, 1.165) is 15.8 Å². The number of thiophene rings is 1. The van der Waals surface area contributed by atoms with Crippen LogP contribution in [0.4, 0.5) is 24.7 Å².